The molecule has 0 aliphatic heterocycles. The zero-order valence-corrected chi connectivity index (χ0v) is 7.17. The van der Waals surface area contributed by atoms with Crippen LogP contribution in [0, 0.1) is 0 Å². The Balaban J connectivity index is 2.95. The summed E-state index contributed by atoms with van der Waals surface area (Å²) in [7, 11) is 0. The molecule has 0 unspecified atom stereocenters. The van der Waals surface area contributed by atoms with Crippen LogP contribution in [0.3, 0.4) is 0 Å². The van der Waals surface area contributed by atoms with E-state index in [2.05, 4.69) is 0 Å². The van der Waals surface area contributed by atoms with Crippen molar-refractivity contribution in [1.29, 1.82) is 0 Å². The van der Waals surface area contributed by atoms with E-state index in [1.54, 1.807) is 6.07 Å². The number of hydrogen-bond donors (Lipinski definition) is 0. The lowest BCUT2D eigenvalue weighted by Gasteiger charge is -2.07. The maximum Gasteiger partial charge on any atom is 0.335 e. The van der Waals surface area contributed by atoms with Gasteiger partial charge in [-0.3, -0.25) is 0 Å². The Morgan fingerprint density at radius 1 is 1.31 bits per heavy atom. The number of hydrogen-bond acceptors (Lipinski definition) is 3. The highest BCUT2D eigenvalue weighted by molar-refractivity contribution is 6.31. The molecule has 2 aromatic rings. The van der Waals surface area contributed by atoms with Gasteiger partial charge in [-0.2, -0.15) is 0 Å². The Bertz CT molecular complexity index is 516. The minimum absolute atomic E-state index is 0.266. The van der Waals surface area contributed by atoms with E-state index in [0.717, 1.165) is 6.07 Å². The van der Waals surface area contributed by atoms with E-state index < -0.39 is 5.63 Å². The van der Waals surface area contributed by atoms with E-state index in [-0.39, 0.29) is 11.3 Å². The molecule has 4 heteroatoms. The highest BCUT2D eigenvalue weighted by Gasteiger charge is 1.98. The SMILES string of the molecule is O=c1cc([O-])c2cc(Cl)ccc2o1. The van der Waals surface area contributed by atoms with Gasteiger partial charge in [-0.05, 0) is 18.2 Å². The zero-order chi connectivity index (χ0) is 9.42. The zero-order valence-electron chi connectivity index (χ0n) is 6.41. The fourth-order valence-corrected chi connectivity index (χ4v) is 1.28. The molecule has 1 heterocycles. The van der Waals surface area contributed by atoms with Crippen LogP contribution in [0.15, 0.2) is 33.5 Å². The predicted octanol–water partition coefficient (Wildman–Crippen LogP) is 1.52. The molecular formula is C9H4ClO3-. The summed E-state index contributed by atoms with van der Waals surface area (Å²) in [5.74, 6) is -0.367. The molecule has 0 fully saturated rings. The summed E-state index contributed by atoms with van der Waals surface area (Å²) < 4.78 is 4.78. The smallest absolute Gasteiger partial charge is 0.335 e. The third-order valence-electron chi connectivity index (χ3n) is 1.67. The number of fused-ring (bicyclic) bond motifs is 1. The number of benzene rings is 1. The maximum absolute atomic E-state index is 11.2. The largest absolute Gasteiger partial charge is 0.872 e. The van der Waals surface area contributed by atoms with Gasteiger partial charge < -0.3 is 9.52 Å². The average molecular weight is 196 g/mol. The lowest BCUT2D eigenvalue weighted by molar-refractivity contribution is -0.266. The summed E-state index contributed by atoms with van der Waals surface area (Å²) in [6.07, 6.45) is 0. The Labute approximate surface area is 78.2 Å². The Morgan fingerprint density at radius 2 is 2.08 bits per heavy atom. The first-order valence-electron chi connectivity index (χ1n) is 3.57. The summed E-state index contributed by atoms with van der Waals surface area (Å²) in [6, 6.07) is 5.44. The Morgan fingerprint density at radius 3 is 2.85 bits per heavy atom. The van der Waals surface area contributed by atoms with E-state index >= 15 is 0 Å². The van der Waals surface area contributed by atoms with Gasteiger partial charge in [0.25, 0.3) is 0 Å². The van der Waals surface area contributed by atoms with Crippen LogP contribution < -0.4 is 10.7 Å². The molecule has 0 spiro atoms. The second-order valence-corrected chi connectivity index (χ2v) is 3.01. The van der Waals surface area contributed by atoms with Crippen molar-refractivity contribution in [2.24, 2.45) is 0 Å². The summed E-state index contributed by atoms with van der Waals surface area (Å²) >= 11 is 5.67. The van der Waals surface area contributed by atoms with Gasteiger partial charge in [-0.1, -0.05) is 17.4 Å². The first kappa shape index (κ1) is 8.13. The average Bonchev–Trinajstić information content (AvgIpc) is 2.06. The van der Waals surface area contributed by atoms with Crippen molar-refractivity contribution in [3.8, 4) is 5.75 Å². The third-order valence-corrected chi connectivity index (χ3v) is 1.90. The van der Waals surface area contributed by atoms with E-state index in [1.807, 2.05) is 0 Å². The fraction of sp³-hybridized carbons (Fsp3) is 0. The van der Waals surface area contributed by atoms with Gasteiger partial charge in [0.1, 0.15) is 5.58 Å². The monoisotopic (exact) mass is 195 g/mol. The standard InChI is InChI=1S/C9H5ClO3/c10-5-1-2-8-6(3-5)7(11)4-9(12)13-8/h1-4,11H/p-1. The number of halogens is 1. The van der Waals surface area contributed by atoms with Crippen molar-refractivity contribution in [3.63, 3.8) is 0 Å². The van der Waals surface area contributed by atoms with E-state index in [1.165, 1.54) is 12.1 Å². The molecule has 0 amide bonds. The van der Waals surface area contributed by atoms with Gasteiger partial charge in [0.05, 0.1) is 0 Å². The summed E-state index contributed by atoms with van der Waals surface area (Å²) in [5, 5.41) is 12.0. The predicted molar refractivity (Wildman–Crippen MR) is 46.9 cm³/mol. The van der Waals surface area contributed by atoms with E-state index in [4.69, 9.17) is 16.0 Å². The molecular weight excluding hydrogens is 192 g/mol. The molecule has 0 aliphatic carbocycles. The first-order valence-corrected chi connectivity index (χ1v) is 3.95. The van der Waals surface area contributed by atoms with Gasteiger partial charge in [0, 0.05) is 16.5 Å². The van der Waals surface area contributed by atoms with Crippen molar-refractivity contribution in [2.45, 2.75) is 0 Å². The minimum atomic E-state index is -0.639. The van der Waals surface area contributed by atoms with Crippen molar-refractivity contribution in [1.82, 2.24) is 0 Å². The second-order valence-electron chi connectivity index (χ2n) is 2.57. The second kappa shape index (κ2) is 2.78. The molecule has 66 valence electrons. The van der Waals surface area contributed by atoms with Crippen molar-refractivity contribution in [2.75, 3.05) is 0 Å². The third kappa shape index (κ3) is 1.38. The Kier molecular flexibility index (Phi) is 1.74. The molecule has 1 aromatic carbocycles. The van der Waals surface area contributed by atoms with Crippen LogP contribution in [0.1, 0.15) is 0 Å². The quantitative estimate of drug-likeness (QED) is 0.599. The van der Waals surface area contributed by atoms with Gasteiger partial charge in [-0.25, -0.2) is 4.79 Å². The van der Waals surface area contributed by atoms with Crippen LogP contribution in [0.5, 0.6) is 5.75 Å². The number of rotatable bonds is 0. The highest BCUT2D eigenvalue weighted by atomic mass is 35.5. The van der Waals surface area contributed by atoms with Crippen molar-refractivity contribution in [3.05, 3.63) is 39.7 Å². The van der Waals surface area contributed by atoms with Crippen LogP contribution in [-0.2, 0) is 0 Å². The normalized spacial score (nSPS) is 10.5. The van der Waals surface area contributed by atoms with Crippen LogP contribution in [-0.4, -0.2) is 0 Å². The summed E-state index contributed by atoms with van der Waals surface area (Å²) in [6.45, 7) is 0. The van der Waals surface area contributed by atoms with Gasteiger partial charge >= 0.3 is 5.63 Å². The molecule has 0 atom stereocenters. The minimum Gasteiger partial charge on any atom is -0.872 e. The van der Waals surface area contributed by atoms with Crippen LogP contribution >= 0.6 is 11.6 Å². The first-order chi connectivity index (χ1) is 6.16. The summed E-state index contributed by atoms with van der Waals surface area (Å²) in [5.41, 5.74) is -0.373. The molecule has 0 bridgehead atoms. The van der Waals surface area contributed by atoms with E-state index in [9.17, 15) is 9.90 Å². The molecule has 13 heavy (non-hydrogen) atoms. The van der Waals surface area contributed by atoms with Gasteiger partial charge in [-0.15, -0.1) is 0 Å². The fourth-order valence-electron chi connectivity index (χ4n) is 1.11. The van der Waals surface area contributed by atoms with Crippen LogP contribution in [0.2, 0.25) is 5.02 Å². The molecule has 0 radical (unpaired) electrons. The van der Waals surface area contributed by atoms with Crippen molar-refractivity contribution >= 4 is 22.6 Å². The molecule has 2 rings (SSSR count). The van der Waals surface area contributed by atoms with Crippen LogP contribution in [0.4, 0.5) is 0 Å². The maximum atomic E-state index is 11.2. The molecule has 0 saturated heterocycles. The van der Waals surface area contributed by atoms with E-state index in [0.29, 0.717) is 10.4 Å². The molecule has 0 saturated carbocycles. The van der Waals surface area contributed by atoms with Gasteiger partial charge in [0.15, 0.2) is 0 Å². The lowest BCUT2D eigenvalue weighted by atomic mass is 10.2. The highest BCUT2D eigenvalue weighted by Crippen LogP contribution is 2.23. The van der Waals surface area contributed by atoms with Crippen LogP contribution in [0.25, 0.3) is 11.0 Å². The van der Waals surface area contributed by atoms with Gasteiger partial charge in [0.2, 0.25) is 0 Å². The molecule has 0 N–H and O–H groups in total. The molecule has 1 aromatic heterocycles. The molecule has 3 nitrogen and oxygen atoms in total. The summed E-state index contributed by atoms with van der Waals surface area (Å²) in [4.78, 5) is 10.8. The molecule has 0 aliphatic rings. The lowest BCUT2D eigenvalue weighted by Crippen LogP contribution is -2.01. The van der Waals surface area contributed by atoms with Crippen molar-refractivity contribution < 1.29 is 9.52 Å². The topological polar surface area (TPSA) is 53.3 Å². The Hall–Kier alpha value is -1.48.